The largest absolute Gasteiger partial charge is 0.457 e. The van der Waals surface area contributed by atoms with E-state index in [1.54, 1.807) is 0 Å². The molecule has 0 N–H and O–H groups in total. The van der Waals surface area contributed by atoms with Gasteiger partial charge in [-0.1, -0.05) is 119 Å². The van der Waals surface area contributed by atoms with Crippen molar-refractivity contribution in [2.75, 3.05) is 0 Å². The molecule has 10 heteroatoms. The number of hydrogen-bond acceptors (Lipinski definition) is 7. The Balaban J connectivity index is 0.996. The fourth-order valence-corrected chi connectivity index (χ4v) is 10.9. The van der Waals surface area contributed by atoms with Gasteiger partial charge in [0.2, 0.25) is 5.95 Å². The lowest BCUT2D eigenvalue weighted by atomic mass is 9.84. The number of rotatable bonds is 7. The van der Waals surface area contributed by atoms with E-state index >= 15 is 0 Å². The Bertz CT molecular complexity index is 3980. The third-order valence-electron chi connectivity index (χ3n) is 14.7. The van der Waals surface area contributed by atoms with Crippen LogP contribution in [-0.4, -0.2) is 38.6 Å². The van der Waals surface area contributed by atoms with Crippen LogP contribution in [0.5, 0.6) is 23.0 Å². The van der Waals surface area contributed by atoms with E-state index in [9.17, 15) is 0 Å². The molecule has 0 saturated heterocycles. The molecule has 12 aromatic rings. The summed E-state index contributed by atoms with van der Waals surface area (Å²) in [5.74, 6) is 5.02. The first-order chi connectivity index (χ1) is 35.7. The maximum Gasteiger partial charge on any atom is 0.237 e. The maximum atomic E-state index is 7.01. The van der Waals surface area contributed by atoms with Crippen LogP contribution in [0.25, 0.3) is 83.0 Å². The van der Waals surface area contributed by atoms with Crippen molar-refractivity contribution in [3.05, 3.63) is 181 Å². The van der Waals surface area contributed by atoms with Gasteiger partial charge < -0.3 is 9.47 Å². The Kier molecular flexibility index (Phi) is 10.9. The molecule has 12 rings (SSSR count). The van der Waals surface area contributed by atoms with Gasteiger partial charge in [-0.15, -0.1) is 0 Å². The summed E-state index contributed by atoms with van der Waals surface area (Å²) in [7, 11) is 0. The lowest BCUT2D eigenvalue weighted by molar-refractivity contribution is 0.480. The van der Waals surface area contributed by atoms with Crippen LogP contribution < -0.4 is 9.47 Å². The van der Waals surface area contributed by atoms with E-state index in [-0.39, 0.29) is 21.7 Å². The summed E-state index contributed by atoms with van der Waals surface area (Å²) in [5.41, 5.74) is 10.3. The van der Waals surface area contributed by atoms with Crippen molar-refractivity contribution in [3.63, 3.8) is 0 Å². The molecule has 0 unspecified atom stereocenters. The van der Waals surface area contributed by atoms with E-state index in [0.717, 1.165) is 67.0 Å². The van der Waals surface area contributed by atoms with Gasteiger partial charge in [-0.2, -0.15) is 0 Å². The first-order valence-electron chi connectivity index (χ1n) is 25.9. The monoisotopic (exact) mass is 986 g/mol. The summed E-state index contributed by atoms with van der Waals surface area (Å²) < 4.78 is 20.7. The van der Waals surface area contributed by atoms with Gasteiger partial charge in [-0.25, -0.2) is 24.9 Å². The van der Waals surface area contributed by atoms with Crippen molar-refractivity contribution in [2.24, 2.45) is 0 Å². The second-order valence-electron chi connectivity index (χ2n) is 24.1. The molecule has 6 aromatic carbocycles. The van der Waals surface area contributed by atoms with Crippen LogP contribution in [0.2, 0.25) is 0 Å². The molecule has 10 nitrogen and oxygen atoms in total. The van der Waals surface area contributed by atoms with Gasteiger partial charge in [0.05, 0.1) is 33.1 Å². The summed E-state index contributed by atoms with van der Waals surface area (Å²) >= 11 is 0. The summed E-state index contributed by atoms with van der Waals surface area (Å²) in [5, 5.41) is 6.78. The number of benzene rings is 6. The zero-order valence-corrected chi connectivity index (χ0v) is 44.9. The highest BCUT2D eigenvalue weighted by Crippen LogP contribution is 2.45. The van der Waals surface area contributed by atoms with Crippen molar-refractivity contribution in [3.8, 4) is 40.6 Å². The van der Waals surface area contributed by atoms with Gasteiger partial charge in [0.25, 0.3) is 0 Å². The Hall–Kier alpha value is -8.37. The molecular weight excluding hydrogens is 925 g/mol. The van der Waals surface area contributed by atoms with Crippen LogP contribution in [0, 0.1) is 0 Å². The molecular formula is C65H62N8O2. The van der Waals surface area contributed by atoms with Gasteiger partial charge in [0, 0.05) is 69.0 Å². The van der Waals surface area contributed by atoms with E-state index in [1.165, 1.54) is 56.5 Å². The summed E-state index contributed by atoms with van der Waals surface area (Å²) in [4.78, 5) is 23.5. The molecule has 0 aliphatic carbocycles. The standard InChI is InChI=1S/C65H62N8O2/c1-62(2,3)39-25-27-67-57(29-39)71-51-19-15-13-17-47(51)59-49(64(7,8)9)31-43(35-55(59)71)74-41-21-23-45-46-24-22-42(34-54(46)73(53(45)33-41)61-69-37-66-38-70-61)75-44-32-50(65(10,11)12)60-48-18-14-16-20-52(48)72(56(60)36-44)58-30-40(26-28-68-58)63(4,5)6/h13-38H,1-12H3. The second-order valence-corrected chi connectivity index (χ2v) is 24.1. The van der Waals surface area contributed by atoms with Crippen molar-refractivity contribution in [2.45, 2.75) is 105 Å². The molecule has 0 fully saturated rings. The fraction of sp³-hybridized carbons (Fsp3) is 0.246. The number of aromatic nitrogens is 8. The first kappa shape index (κ1) is 47.6. The van der Waals surface area contributed by atoms with Crippen molar-refractivity contribution in [1.82, 2.24) is 38.6 Å². The Morgan fingerprint density at radius 3 is 1.17 bits per heavy atom. The van der Waals surface area contributed by atoms with Gasteiger partial charge in [-0.05, 0) is 117 Å². The molecule has 0 spiro atoms. The third kappa shape index (κ3) is 8.24. The van der Waals surface area contributed by atoms with Crippen LogP contribution >= 0.6 is 0 Å². The highest BCUT2D eigenvalue weighted by atomic mass is 16.5. The van der Waals surface area contributed by atoms with Gasteiger partial charge >= 0.3 is 0 Å². The molecule has 374 valence electrons. The summed E-state index contributed by atoms with van der Waals surface area (Å²) in [6.07, 6.45) is 6.91. The molecule has 0 aliphatic rings. The molecule has 0 bridgehead atoms. The lowest BCUT2D eigenvalue weighted by Crippen LogP contribution is -2.13. The normalized spacial score (nSPS) is 12.8. The molecule has 0 amide bonds. The van der Waals surface area contributed by atoms with Gasteiger partial charge in [0.15, 0.2) is 0 Å². The molecule has 0 radical (unpaired) electrons. The number of nitrogens with zero attached hydrogens (tertiary/aromatic N) is 8. The van der Waals surface area contributed by atoms with Crippen LogP contribution in [-0.2, 0) is 21.7 Å². The summed E-state index contributed by atoms with van der Waals surface area (Å²) in [6, 6.07) is 47.1. The van der Waals surface area contributed by atoms with Crippen molar-refractivity contribution >= 4 is 65.4 Å². The predicted molar refractivity (Wildman–Crippen MR) is 306 cm³/mol. The SMILES string of the molecule is CC(C)(C)c1ccnc(-n2c3ccccc3c3c(C(C)(C)C)cc(Oc4ccc5c6ccc(Oc7cc(C(C)(C)C)c8c9ccccc9n(-c9cc(C(C)(C)C)ccn9)c8c7)cc6n(-c6ncncn6)c5c4)cc32)c1. The van der Waals surface area contributed by atoms with Crippen LogP contribution in [0.4, 0.5) is 0 Å². The zero-order valence-electron chi connectivity index (χ0n) is 44.9. The molecule has 75 heavy (non-hydrogen) atoms. The van der Waals surface area contributed by atoms with Crippen molar-refractivity contribution < 1.29 is 9.47 Å². The van der Waals surface area contributed by atoms with E-state index in [1.807, 2.05) is 24.5 Å². The summed E-state index contributed by atoms with van der Waals surface area (Å²) in [6.45, 7) is 27.0. The quantitative estimate of drug-likeness (QED) is 0.157. The van der Waals surface area contributed by atoms with Crippen molar-refractivity contribution in [1.29, 1.82) is 0 Å². The molecule has 6 aromatic heterocycles. The number of fused-ring (bicyclic) bond motifs is 9. The van der Waals surface area contributed by atoms with Gasteiger partial charge in [0.1, 0.15) is 47.3 Å². The Morgan fingerprint density at radius 1 is 0.347 bits per heavy atom. The highest BCUT2D eigenvalue weighted by Gasteiger charge is 2.28. The predicted octanol–water partition coefficient (Wildman–Crippen LogP) is 16.7. The average molecular weight is 987 g/mol. The number of pyridine rings is 2. The molecule has 0 atom stereocenters. The van der Waals surface area contributed by atoms with E-state index < -0.39 is 0 Å². The van der Waals surface area contributed by atoms with Gasteiger partial charge in [-0.3, -0.25) is 13.7 Å². The Labute approximate surface area is 437 Å². The van der Waals surface area contributed by atoms with E-state index in [2.05, 4.69) is 223 Å². The Morgan fingerprint density at radius 2 is 0.760 bits per heavy atom. The second kappa shape index (κ2) is 17.1. The van der Waals surface area contributed by atoms with E-state index in [4.69, 9.17) is 29.4 Å². The number of hydrogen-bond donors (Lipinski definition) is 0. The number of ether oxygens (including phenoxy) is 2. The topological polar surface area (TPSA) is 97.7 Å². The third-order valence-corrected chi connectivity index (χ3v) is 14.7. The van der Waals surface area contributed by atoms with E-state index in [0.29, 0.717) is 17.4 Å². The lowest BCUT2D eigenvalue weighted by Gasteiger charge is -2.22. The minimum atomic E-state index is -0.212. The fourth-order valence-electron chi connectivity index (χ4n) is 10.9. The highest BCUT2D eigenvalue weighted by molar-refractivity contribution is 6.13. The minimum Gasteiger partial charge on any atom is -0.457 e. The minimum absolute atomic E-state index is 0.0508. The average Bonchev–Trinajstić information content (AvgIpc) is 4.03. The molecule has 0 aliphatic heterocycles. The first-order valence-corrected chi connectivity index (χ1v) is 25.9. The molecule has 6 heterocycles. The maximum absolute atomic E-state index is 7.01. The van der Waals surface area contributed by atoms with Crippen LogP contribution in [0.3, 0.4) is 0 Å². The van der Waals surface area contributed by atoms with Crippen LogP contribution in [0.1, 0.15) is 105 Å². The molecule has 0 saturated carbocycles. The smallest absolute Gasteiger partial charge is 0.237 e. The zero-order chi connectivity index (χ0) is 52.3. The van der Waals surface area contributed by atoms with Crippen LogP contribution in [0.15, 0.2) is 159 Å². The number of para-hydroxylation sites is 2.